The van der Waals surface area contributed by atoms with Crippen molar-refractivity contribution in [1.82, 2.24) is 5.32 Å². The first-order valence-corrected chi connectivity index (χ1v) is 3.93. The van der Waals surface area contributed by atoms with Gasteiger partial charge in [-0.2, -0.15) is 0 Å². The molecule has 58 valence electrons. The predicted molar refractivity (Wildman–Crippen MR) is 45.2 cm³/mol. The third kappa shape index (κ3) is 1.03. The van der Waals surface area contributed by atoms with Crippen LogP contribution in [0, 0.1) is 0 Å². The molecule has 0 radical (unpaired) electrons. The average Bonchev–Trinajstić information content (AvgIpc) is 2.35. The van der Waals surface area contributed by atoms with Crippen molar-refractivity contribution in [3.8, 4) is 0 Å². The molecule has 1 atom stereocenters. The highest BCUT2D eigenvalue weighted by molar-refractivity contribution is 6.31. The lowest BCUT2D eigenvalue weighted by Gasteiger charge is -2.03. The lowest BCUT2D eigenvalue weighted by molar-refractivity contribution is 0.607. The Balaban J connectivity index is 2.57. The molecular formula is C8H9ClN2. The van der Waals surface area contributed by atoms with E-state index in [1.165, 1.54) is 0 Å². The standard InChI is InChI=1S/C8H9ClN2/c9-7-3-1-2-5-6(7)4-11-8(5)10/h1-3,8,11H,4,10H2. The summed E-state index contributed by atoms with van der Waals surface area (Å²) in [6.45, 7) is 0.788. The third-order valence-electron chi connectivity index (χ3n) is 1.99. The average molecular weight is 169 g/mol. The molecule has 0 spiro atoms. The van der Waals surface area contributed by atoms with Gasteiger partial charge in [-0.25, -0.2) is 0 Å². The van der Waals surface area contributed by atoms with E-state index in [0.29, 0.717) is 0 Å². The van der Waals surface area contributed by atoms with Gasteiger partial charge in [0.15, 0.2) is 0 Å². The van der Waals surface area contributed by atoms with E-state index in [1.807, 2.05) is 18.2 Å². The molecule has 1 heterocycles. The smallest absolute Gasteiger partial charge is 0.0816 e. The van der Waals surface area contributed by atoms with Crippen LogP contribution < -0.4 is 11.1 Å². The highest BCUT2D eigenvalue weighted by Crippen LogP contribution is 2.27. The Bertz CT molecular complexity index is 285. The molecule has 1 aromatic rings. The van der Waals surface area contributed by atoms with Crippen LogP contribution in [-0.4, -0.2) is 0 Å². The molecule has 0 bridgehead atoms. The first-order chi connectivity index (χ1) is 5.29. The van der Waals surface area contributed by atoms with Crippen LogP contribution in [0.3, 0.4) is 0 Å². The Hall–Kier alpha value is -0.570. The van der Waals surface area contributed by atoms with Crippen LogP contribution in [0.5, 0.6) is 0 Å². The van der Waals surface area contributed by atoms with Crippen molar-refractivity contribution in [2.45, 2.75) is 12.7 Å². The van der Waals surface area contributed by atoms with Crippen molar-refractivity contribution >= 4 is 11.6 Å². The van der Waals surface area contributed by atoms with Gasteiger partial charge in [-0.15, -0.1) is 0 Å². The molecule has 3 N–H and O–H groups in total. The molecule has 1 aliphatic rings. The second-order valence-corrected chi connectivity index (χ2v) is 3.07. The number of fused-ring (bicyclic) bond motifs is 1. The summed E-state index contributed by atoms with van der Waals surface area (Å²) < 4.78 is 0. The monoisotopic (exact) mass is 168 g/mol. The van der Waals surface area contributed by atoms with Gasteiger partial charge >= 0.3 is 0 Å². The van der Waals surface area contributed by atoms with Gasteiger partial charge in [-0.05, 0) is 17.2 Å². The summed E-state index contributed by atoms with van der Waals surface area (Å²) in [6, 6.07) is 5.82. The van der Waals surface area contributed by atoms with Crippen molar-refractivity contribution in [1.29, 1.82) is 0 Å². The summed E-state index contributed by atoms with van der Waals surface area (Å²) in [5.41, 5.74) is 8.01. The Labute approximate surface area is 70.3 Å². The summed E-state index contributed by atoms with van der Waals surface area (Å²) in [4.78, 5) is 0. The number of nitrogens with two attached hydrogens (primary N) is 1. The molecule has 0 saturated carbocycles. The molecular weight excluding hydrogens is 160 g/mol. The van der Waals surface area contributed by atoms with E-state index in [0.717, 1.165) is 22.7 Å². The van der Waals surface area contributed by atoms with E-state index >= 15 is 0 Å². The van der Waals surface area contributed by atoms with E-state index in [2.05, 4.69) is 5.32 Å². The Kier molecular flexibility index (Phi) is 1.60. The summed E-state index contributed by atoms with van der Waals surface area (Å²) in [7, 11) is 0. The van der Waals surface area contributed by atoms with Crippen molar-refractivity contribution in [3.63, 3.8) is 0 Å². The van der Waals surface area contributed by atoms with E-state index in [9.17, 15) is 0 Å². The van der Waals surface area contributed by atoms with Crippen LogP contribution in [0.1, 0.15) is 17.3 Å². The number of rotatable bonds is 0. The summed E-state index contributed by atoms with van der Waals surface area (Å²) >= 11 is 5.94. The highest BCUT2D eigenvalue weighted by atomic mass is 35.5. The van der Waals surface area contributed by atoms with Crippen LogP contribution in [0.4, 0.5) is 0 Å². The van der Waals surface area contributed by atoms with E-state index in [1.54, 1.807) is 0 Å². The van der Waals surface area contributed by atoms with Gasteiger partial charge in [0, 0.05) is 11.6 Å². The van der Waals surface area contributed by atoms with Crippen LogP contribution in [0.25, 0.3) is 0 Å². The zero-order chi connectivity index (χ0) is 7.84. The van der Waals surface area contributed by atoms with E-state index in [4.69, 9.17) is 17.3 Å². The second-order valence-electron chi connectivity index (χ2n) is 2.67. The zero-order valence-corrected chi connectivity index (χ0v) is 6.73. The van der Waals surface area contributed by atoms with Gasteiger partial charge in [-0.3, -0.25) is 5.32 Å². The summed E-state index contributed by atoms with van der Waals surface area (Å²) in [5.74, 6) is 0. The zero-order valence-electron chi connectivity index (χ0n) is 5.97. The van der Waals surface area contributed by atoms with Crippen LogP contribution in [0.15, 0.2) is 18.2 Å². The Morgan fingerprint density at radius 3 is 3.09 bits per heavy atom. The number of halogens is 1. The largest absolute Gasteiger partial charge is 0.312 e. The van der Waals surface area contributed by atoms with Crippen LogP contribution in [0.2, 0.25) is 5.02 Å². The fraction of sp³-hybridized carbons (Fsp3) is 0.250. The van der Waals surface area contributed by atoms with Gasteiger partial charge in [0.1, 0.15) is 0 Å². The molecule has 2 nitrogen and oxygen atoms in total. The van der Waals surface area contributed by atoms with Crippen molar-refractivity contribution in [2.75, 3.05) is 0 Å². The van der Waals surface area contributed by atoms with Crippen molar-refractivity contribution < 1.29 is 0 Å². The fourth-order valence-corrected chi connectivity index (χ4v) is 1.62. The van der Waals surface area contributed by atoms with Crippen molar-refractivity contribution in [3.05, 3.63) is 34.3 Å². The van der Waals surface area contributed by atoms with E-state index < -0.39 is 0 Å². The normalized spacial score (nSPS) is 21.8. The minimum atomic E-state index is -0.0382. The molecule has 0 amide bonds. The van der Waals surface area contributed by atoms with Crippen LogP contribution in [-0.2, 0) is 6.54 Å². The molecule has 0 aromatic heterocycles. The molecule has 2 rings (SSSR count). The second kappa shape index (κ2) is 2.48. The van der Waals surface area contributed by atoms with Gasteiger partial charge in [0.05, 0.1) is 6.17 Å². The maximum atomic E-state index is 5.94. The van der Waals surface area contributed by atoms with Gasteiger partial charge in [0.2, 0.25) is 0 Å². The van der Waals surface area contributed by atoms with Gasteiger partial charge < -0.3 is 5.73 Å². The first-order valence-electron chi connectivity index (χ1n) is 3.55. The maximum absolute atomic E-state index is 5.94. The Morgan fingerprint density at radius 1 is 1.55 bits per heavy atom. The quantitative estimate of drug-likeness (QED) is 0.615. The van der Waals surface area contributed by atoms with Gasteiger partial charge in [-0.1, -0.05) is 23.7 Å². The number of hydrogen-bond acceptors (Lipinski definition) is 2. The number of nitrogens with one attached hydrogen (secondary N) is 1. The van der Waals surface area contributed by atoms with E-state index in [-0.39, 0.29) is 6.17 Å². The van der Waals surface area contributed by atoms with Crippen molar-refractivity contribution in [2.24, 2.45) is 5.73 Å². The molecule has 1 aliphatic heterocycles. The summed E-state index contributed by atoms with van der Waals surface area (Å²) in [6.07, 6.45) is -0.0382. The molecule has 1 aromatic carbocycles. The minimum Gasteiger partial charge on any atom is -0.312 e. The molecule has 1 unspecified atom stereocenters. The lowest BCUT2D eigenvalue weighted by atomic mass is 10.1. The molecule has 3 heteroatoms. The fourth-order valence-electron chi connectivity index (χ4n) is 1.38. The maximum Gasteiger partial charge on any atom is 0.0816 e. The lowest BCUT2D eigenvalue weighted by Crippen LogP contribution is -2.20. The molecule has 0 aliphatic carbocycles. The number of benzene rings is 1. The summed E-state index contributed by atoms with van der Waals surface area (Å²) in [5, 5.41) is 3.93. The highest BCUT2D eigenvalue weighted by Gasteiger charge is 2.19. The van der Waals surface area contributed by atoms with Gasteiger partial charge in [0.25, 0.3) is 0 Å². The predicted octanol–water partition coefficient (Wildman–Crippen LogP) is 1.40. The first kappa shape index (κ1) is 7.10. The molecule has 11 heavy (non-hydrogen) atoms. The number of hydrogen-bond donors (Lipinski definition) is 2. The Morgan fingerprint density at radius 2 is 2.36 bits per heavy atom. The minimum absolute atomic E-state index is 0.0382. The topological polar surface area (TPSA) is 38.0 Å². The molecule has 0 saturated heterocycles. The third-order valence-corrected chi connectivity index (χ3v) is 2.34. The van der Waals surface area contributed by atoms with Crippen LogP contribution >= 0.6 is 11.6 Å². The molecule has 0 fully saturated rings. The SMILES string of the molecule is NC1NCc2c(Cl)cccc21.